The number of hydrogen-bond acceptors (Lipinski definition) is 5. The highest BCUT2D eigenvalue weighted by Crippen LogP contribution is 2.35. The smallest absolute Gasteiger partial charge is 0.283 e. The number of aromatic nitrogens is 1. The molecule has 1 heterocycles. The van der Waals surface area contributed by atoms with E-state index in [9.17, 15) is 15.2 Å². The Bertz CT molecular complexity index is 666. The van der Waals surface area contributed by atoms with E-state index in [0.29, 0.717) is 10.5 Å². The molecule has 0 bridgehead atoms. The third-order valence-electron chi connectivity index (χ3n) is 2.95. The Hall–Kier alpha value is -1.92. The van der Waals surface area contributed by atoms with Crippen molar-refractivity contribution in [2.45, 2.75) is 36.8 Å². The van der Waals surface area contributed by atoms with Gasteiger partial charge in [-0.15, -0.1) is 0 Å². The van der Waals surface area contributed by atoms with Gasteiger partial charge in [-0.05, 0) is 50.1 Å². The molecule has 0 aliphatic heterocycles. The summed E-state index contributed by atoms with van der Waals surface area (Å²) in [7, 11) is 0. The van der Waals surface area contributed by atoms with Crippen molar-refractivity contribution in [2.75, 3.05) is 0 Å². The molecule has 0 spiro atoms. The molecule has 0 aliphatic carbocycles. The summed E-state index contributed by atoms with van der Waals surface area (Å²) < 4.78 is 0. The van der Waals surface area contributed by atoms with E-state index in [4.69, 9.17) is 0 Å². The van der Waals surface area contributed by atoms with Crippen LogP contribution in [0.25, 0.3) is 0 Å². The number of rotatable bonds is 4. The Morgan fingerprint density at radius 2 is 2.00 bits per heavy atom. The maximum absolute atomic E-state index is 11.2. The second kappa shape index (κ2) is 6.24. The Labute approximate surface area is 127 Å². The van der Waals surface area contributed by atoms with E-state index >= 15 is 0 Å². The van der Waals surface area contributed by atoms with Gasteiger partial charge in [0.05, 0.1) is 15.9 Å². The second-order valence-electron chi connectivity index (χ2n) is 4.89. The highest BCUT2D eigenvalue weighted by atomic mass is 32.2. The van der Waals surface area contributed by atoms with Crippen LogP contribution >= 0.6 is 11.8 Å². The van der Waals surface area contributed by atoms with E-state index in [1.165, 1.54) is 17.8 Å². The fourth-order valence-electron chi connectivity index (χ4n) is 1.99. The molecule has 2 aromatic rings. The fourth-order valence-corrected chi connectivity index (χ4v) is 3.03. The molecule has 1 aromatic heterocycles. The van der Waals surface area contributed by atoms with Crippen molar-refractivity contribution < 1.29 is 10.0 Å². The van der Waals surface area contributed by atoms with Crippen molar-refractivity contribution in [1.82, 2.24) is 4.98 Å². The van der Waals surface area contributed by atoms with Gasteiger partial charge in [-0.2, -0.15) is 0 Å². The molecule has 21 heavy (non-hydrogen) atoms. The average Bonchev–Trinajstić information content (AvgIpc) is 2.37. The molecule has 0 unspecified atom stereocenters. The number of aliphatic hydroxyl groups excluding tert-OH is 1. The molecule has 1 aromatic carbocycles. The predicted octanol–water partition coefficient (Wildman–Crippen LogP) is 3.81. The second-order valence-corrected chi connectivity index (χ2v) is 5.95. The van der Waals surface area contributed by atoms with Crippen LogP contribution in [0.2, 0.25) is 0 Å². The van der Waals surface area contributed by atoms with Crippen molar-refractivity contribution in [1.29, 1.82) is 0 Å². The van der Waals surface area contributed by atoms with Crippen LogP contribution < -0.4 is 0 Å². The van der Waals surface area contributed by atoms with Gasteiger partial charge in [-0.3, -0.25) is 10.1 Å². The average molecular weight is 304 g/mol. The number of pyridine rings is 1. The van der Waals surface area contributed by atoms with E-state index in [1.54, 1.807) is 19.1 Å². The van der Waals surface area contributed by atoms with Crippen LogP contribution in [-0.2, 0) is 0 Å². The monoisotopic (exact) mass is 304 g/mol. The molecule has 2 rings (SSSR count). The first kappa shape index (κ1) is 15.5. The molecule has 110 valence electrons. The number of nitrogens with zero attached hydrogens (tertiary/aromatic N) is 2. The van der Waals surface area contributed by atoms with Crippen molar-refractivity contribution >= 4 is 17.4 Å². The van der Waals surface area contributed by atoms with E-state index in [-0.39, 0.29) is 5.69 Å². The fraction of sp³-hybridized carbons (Fsp3) is 0.267. The predicted molar refractivity (Wildman–Crippen MR) is 81.6 cm³/mol. The van der Waals surface area contributed by atoms with Gasteiger partial charge in [0, 0.05) is 11.8 Å². The van der Waals surface area contributed by atoms with E-state index in [0.717, 1.165) is 16.3 Å². The highest BCUT2D eigenvalue weighted by Gasteiger charge is 2.18. The summed E-state index contributed by atoms with van der Waals surface area (Å²) in [4.78, 5) is 15.7. The van der Waals surface area contributed by atoms with Crippen molar-refractivity contribution in [3.8, 4) is 0 Å². The summed E-state index contributed by atoms with van der Waals surface area (Å²) in [5, 5.41) is 21.5. The maximum Gasteiger partial charge on any atom is 0.283 e. The third kappa shape index (κ3) is 3.80. The lowest BCUT2D eigenvalue weighted by Crippen LogP contribution is -1.97. The van der Waals surface area contributed by atoms with Gasteiger partial charge >= 0.3 is 0 Å². The van der Waals surface area contributed by atoms with Crippen LogP contribution in [0.4, 0.5) is 5.69 Å². The lowest BCUT2D eigenvalue weighted by molar-refractivity contribution is -0.387. The molecule has 0 radical (unpaired) electrons. The Balaban J connectivity index is 2.41. The zero-order valence-corrected chi connectivity index (χ0v) is 12.8. The van der Waals surface area contributed by atoms with Crippen LogP contribution in [0.5, 0.6) is 0 Å². The van der Waals surface area contributed by atoms with Crippen molar-refractivity contribution in [2.24, 2.45) is 0 Å². The molecule has 0 saturated heterocycles. The Morgan fingerprint density at radius 1 is 1.29 bits per heavy atom. The van der Waals surface area contributed by atoms with Gasteiger partial charge < -0.3 is 5.11 Å². The SMILES string of the molecule is Cc1cc(C)nc(Sc2ccc([C@@H](C)O)cc2[N+](=O)[O-])c1. The summed E-state index contributed by atoms with van der Waals surface area (Å²) >= 11 is 1.26. The van der Waals surface area contributed by atoms with Crippen LogP contribution in [-0.4, -0.2) is 15.0 Å². The Kier molecular flexibility index (Phi) is 4.59. The standard InChI is InChI=1S/C15H16N2O3S/c1-9-6-10(2)16-15(7-9)21-14-5-4-12(11(3)18)8-13(14)17(19)20/h4-8,11,18H,1-3H3/t11-/m1/s1. The number of nitro benzene ring substituents is 1. The molecule has 0 saturated carbocycles. The number of aryl methyl sites for hydroxylation is 2. The molecule has 1 N–H and O–H groups in total. The molecule has 1 atom stereocenters. The topological polar surface area (TPSA) is 76.3 Å². The van der Waals surface area contributed by atoms with Crippen LogP contribution in [0.1, 0.15) is 29.8 Å². The lowest BCUT2D eigenvalue weighted by atomic mass is 10.1. The summed E-state index contributed by atoms with van der Waals surface area (Å²) in [6.07, 6.45) is -0.734. The molecule has 6 heteroatoms. The zero-order valence-electron chi connectivity index (χ0n) is 12.0. The summed E-state index contributed by atoms with van der Waals surface area (Å²) in [5.74, 6) is 0. The van der Waals surface area contributed by atoms with E-state index in [2.05, 4.69) is 4.98 Å². The van der Waals surface area contributed by atoms with E-state index < -0.39 is 11.0 Å². The first-order valence-corrected chi connectivity index (χ1v) is 7.28. The van der Waals surface area contributed by atoms with Crippen molar-refractivity contribution in [3.05, 3.63) is 57.3 Å². The largest absolute Gasteiger partial charge is 0.389 e. The van der Waals surface area contributed by atoms with Crippen molar-refractivity contribution in [3.63, 3.8) is 0 Å². The quantitative estimate of drug-likeness (QED) is 0.686. The zero-order chi connectivity index (χ0) is 15.6. The summed E-state index contributed by atoms with van der Waals surface area (Å²) in [6.45, 7) is 5.43. The number of hydrogen-bond donors (Lipinski definition) is 1. The van der Waals surface area contributed by atoms with Crippen LogP contribution in [0.3, 0.4) is 0 Å². The minimum atomic E-state index is -0.734. The summed E-state index contributed by atoms with van der Waals surface area (Å²) in [5.41, 5.74) is 2.45. The molecular weight excluding hydrogens is 288 g/mol. The van der Waals surface area contributed by atoms with E-state index in [1.807, 2.05) is 26.0 Å². The Morgan fingerprint density at radius 3 is 2.57 bits per heavy atom. The normalized spacial score (nSPS) is 12.2. The van der Waals surface area contributed by atoms with Gasteiger partial charge in [0.15, 0.2) is 0 Å². The molecule has 5 nitrogen and oxygen atoms in total. The number of aliphatic hydroxyl groups is 1. The van der Waals surface area contributed by atoms with Crippen LogP contribution in [0, 0.1) is 24.0 Å². The highest BCUT2D eigenvalue weighted by molar-refractivity contribution is 7.99. The van der Waals surface area contributed by atoms with Gasteiger partial charge in [0.1, 0.15) is 5.03 Å². The summed E-state index contributed by atoms with van der Waals surface area (Å²) in [6, 6.07) is 8.61. The minimum Gasteiger partial charge on any atom is -0.389 e. The van der Waals surface area contributed by atoms with Gasteiger partial charge in [-0.1, -0.05) is 17.8 Å². The van der Waals surface area contributed by atoms with Gasteiger partial charge in [0.25, 0.3) is 5.69 Å². The number of nitro groups is 1. The molecule has 0 amide bonds. The molecule has 0 fully saturated rings. The first-order chi connectivity index (χ1) is 9.86. The first-order valence-electron chi connectivity index (χ1n) is 6.46. The van der Waals surface area contributed by atoms with Gasteiger partial charge in [-0.25, -0.2) is 4.98 Å². The maximum atomic E-state index is 11.2. The number of benzene rings is 1. The molecular formula is C15H16N2O3S. The third-order valence-corrected chi connectivity index (χ3v) is 3.93. The van der Waals surface area contributed by atoms with Gasteiger partial charge in [0.2, 0.25) is 0 Å². The minimum absolute atomic E-state index is 0.0145. The van der Waals surface area contributed by atoms with Crippen LogP contribution in [0.15, 0.2) is 40.3 Å². The lowest BCUT2D eigenvalue weighted by Gasteiger charge is -2.08. The molecule has 0 aliphatic rings.